The summed E-state index contributed by atoms with van der Waals surface area (Å²) < 4.78 is 1.24. The van der Waals surface area contributed by atoms with Crippen LogP contribution in [0.15, 0.2) is 0 Å². The van der Waals surface area contributed by atoms with Crippen molar-refractivity contribution in [3.05, 3.63) is 0 Å². The van der Waals surface area contributed by atoms with Gasteiger partial charge in [-0.1, -0.05) is 0 Å². The van der Waals surface area contributed by atoms with E-state index < -0.39 is 6.51 Å². The Morgan fingerprint density at radius 1 is 1.00 bits per heavy atom. The molecule has 1 spiro atoms. The molecule has 0 aromatic rings. The molecule has 82 valence electrons. The summed E-state index contributed by atoms with van der Waals surface area (Å²) in [4.78, 5) is 14.1. The van der Waals surface area contributed by atoms with Crippen LogP contribution in [0.2, 0.25) is 53.7 Å². The van der Waals surface area contributed by atoms with E-state index in [2.05, 4.69) is 6.92 Å². The van der Waals surface area contributed by atoms with Gasteiger partial charge in [0.1, 0.15) is 0 Å². The molecule has 10 rings (SSSR count). The zero-order valence-electron chi connectivity index (χ0n) is 9.33. The Labute approximate surface area is 83.3 Å². The van der Waals surface area contributed by atoms with Crippen molar-refractivity contribution >= 4 is 10.2 Å². The Hall–Kier alpha value is 0.736. The molecule has 0 nitrogen and oxygen atoms in total. The Morgan fingerprint density at radius 2 is 1.47 bits per heavy atom. The summed E-state index contributed by atoms with van der Waals surface area (Å²) in [6, 6.07) is 1.67. The summed E-state index contributed by atoms with van der Waals surface area (Å²) in [5, 5.41) is 0. The summed E-state index contributed by atoms with van der Waals surface area (Å²) in [5.41, 5.74) is 0. The first-order valence-corrected chi connectivity index (χ1v) is 14.9. The molecule has 5 atom stereocenters. The normalized spacial score (nSPS) is 136. The average molecular weight is 258 g/mol. The first kappa shape index (κ1) is 5.58. The molecule has 5 unspecified atom stereocenters. The van der Waals surface area contributed by atoms with Crippen molar-refractivity contribution in [1.82, 2.24) is 0 Å². The average Bonchev–Trinajstić information content (AvgIpc) is 3.18. The van der Waals surface area contributed by atoms with Gasteiger partial charge < -0.3 is 0 Å². The number of rotatable bonds is 2. The van der Waals surface area contributed by atoms with Gasteiger partial charge in [-0.05, 0) is 0 Å². The van der Waals surface area contributed by atoms with E-state index in [1.54, 1.807) is 49.4 Å². The molecule has 0 radical (unpaired) electrons. The van der Waals surface area contributed by atoms with Crippen LogP contribution in [-0.4, -0.2) is 10.2 Å². The Kier molecular flexibility index (Phi) is 0.151. The van der Waals surface area contributed by atoms with Crippen molar-refractivity contribution in [2.45, 2.75) is 60.6 Å². The zero-order valence-corrected chi connectivity index (χ0v) is 12.4. The van der Waals surface area contributed by atoms with E-state index >= 15 is 0 Å². The predicted octanol–water partition coefficient (Wildman–Crippen LogP) is 3.17. The van der Waals surface area contributed by atoms with Gasteiger partial charge in [-0.25, -0.2) is 0 Å². The Morgan fingerprint density at radius 3 is 1.67 bits per heavy atom. The van der Waals surface area contributed by atoms with Crippen LogP contribution in [0.25, 0.3) is 0 Å². The standard InChI is InChI=1S/C8H13Si.C5H5.Fe/c1-7(6-9)8-4-2-3-5-8;1-2-4-5-3-1;/h2-5,7H,6H2,1,9H3;1-5H;. The molecule has 0 saturated carbocycles. The fourth-order valence-electron chi connectivity index (χ4n) is 18.1. The molecule has 10 heterocycles. The minimum atomic E-state index is -2.60. The van der Waals surface area contributed by atoms with Crippen molar-refractivity contribution in [2.24, 2.45) is 5.92 Å². The summed E-state index contributed by atoms with van der Waals surface area (Å²) in [7, 11) is 1.50. The van der Waals surface area contributed by atoms with Crippen LogP contribution in [0.1, 0.15) is 6.92 Å². The first-order valence-electron chi connectivity index (χ1n) is 7.24. The monoisotopic (exact) mass is 258 g/mol. The Balaban J connectivity index is 1.77. The Bertz CT molecular complexity index is 817. The van der Waals surface area contributed by atoms with Gasteiger partial charge in [-0.3, -0.25) is 0 Å². The van der Waals surface area contributed by atoms with Gasteiger partial charge in [0, 0.05) is 0 Å². The van der Waals surface area contributed by atoms with E-state index in [9.17, 15) is 0 Å². The van der Waals surface area contributed by atoms with Crippen LogP contribution in [0.3, 0.4) is 0 Å². The quantitative estimate of drug-likeness (QED) is 0.667. The molecule has 0 aliphatic carbocycles. The fraction of sp³-hybridized carbons (Fsp3) is 1.00. The van der Waals surface area contributed by atoms with Crippen molar-refractivity contribution in [2.75, 3.05) is 0 Å². The molecule has 0 N–H and O–H groups in total. The molecule has 0 bridgehead atoms. The molecule has 15 heavy (non-hydrogen) atoms. The molecule has 10 fully saturated rings. The second-order valence-electron chi connectivity index (χ2n) is 11.0. The molecule has 10 saturated heterocycles. The van der Waals surface area contributed by atoms with Crippen LogP contribution in [0.4, 0.5) is 0 Å². The van der Waals surface area contributed by atoms with Gasteiger partial charge in [-0.2, -0.15) is 0 Å². The third-order valence-electron chi connectivity index (χ3n) is 16.1. The second kappa shape index (κ2) is 0.406. The summed E-state index contributed by atoms with van der Waals surface area (Å²) in [5.74, 6) is 1.25. The van der Waals surface area contributed by atoms with Crippen molar-refractivity contribution < 1.29 is 6.51 Å². The number of hydrogen-bond donors (Lipinski definition) is 0. The predicted molar refractivity (Wildman–Crippen MR) is 60.4 cm³/mol. The third-order valence-corrected chi connectivity index (χ3v) is 60.2. The van der Waals surface area contributed by atoms with Crippen LogP contribution >= 0.6 is 0 Å². The maximum atomic E-state index is 2.72. The number of hydrogen-bond acceptors (Lipinski definition) is 0. The SMILES string of the molecule is CC(C[SiH3])[C]12[CH]3[CH]4[CH]5[CH]1[Fe]45321678[CH]2[CH]1[CH]6[CH]7[CH]28. The van der Waals surface area contributed by atoms with E-state index in [0.29, 0.717) is 0 Å². The first-order chi connectivity index (χ1) is 7.03. The van der Waals surface area contributed by atoms with Crippen LogP contribution in [0.5, 0.6) is 0 Å². The molecular weight excluding hydrogens is 240 g/mol. The maximum absolute atomic E-state index is 2.72. The van der Waals surface area contributed by atoms with Gasteiger partial charge in [0.05, 0.1) is 0 Å². The summed E-state index contributed by atoms with van der Waals surface area (Å²) in [6.45, 7) is 0.112. The molecule has 10 aliphatic rings. The van der Waals surface area contributed by atoms with Gasteiger partial charge in [0.2, 0.25) is 0 Å². The molecule has 0 aromatic heterocycles. The van der Waals surface area contributed by atoms with Crippen LogP contribution < -0.4 is 0 Å². The minimum absolute atomic E-state index is 1.24. The summed E-state index contributed by atoms with van der Waals surface area (Å²) in [6.07, 6.45) is 0. The van der Waals surface area contributed by atoms with Gasteiger partial charge in [-0.15, -0.1) is 0 Å². The van der Waals surface area contributed by atoms with Crippen LogP contribution in [-0.2, 0) is 6.51 Å². The molecule has 10 aliphatic heterocycles. The van der Waals surface area contributed by atoms with Gasteiger partial charge in [0.15, 0.2) is 0 Å². The summed E-state index contributed by atoms with van der Waals surface area (Å²) >= 11 is 0. The fourth-order valence-corrected chi connectivity index (χ4v) is 95.4. The van der Waals surface area contributed by atoms with E-state index in [-0.39, 0.29) is 0 Å². The van der Waals surface area contributed by atoms with E-state index in [1.807, 2.05) is 0 Å². The van der Waals surface area contributed by atoms with Crippen molar-refractivity contribution in [1.29, 1.82) is 0 Å². The second-order valence-corrected chi connectivity index (χ2v) is 35.5. The van der Waals surface area contributed by atoms with E-state index in [0.717, 1.165) is 0 Å². The van der Waals surface area contributed by atoms with Gasteiger partial charge in [0.25, 0.3) is 0 Å². The molecule has 2 heteroatoms. The molecule has 0 amide bonds. The van der Waals surface area contributed by atoms with Gasteiger partial charge >= 0.3 is 83.3 Å². The molecular formula is C13H18FeSi. The van der Waals surface area contributed by atoms with E-state index in [1.165, 1.54) is 20.5 Å². The van der Waals surface area contributed by atoms with Crippen molar-refractivity contribution in [3.8, 4) is 0 Å². The third kappa shape index (κ3) is 0.0486. The van der Waals surface area contributed by atoms with Crippen LogP contribution in [0, 0.1) is 5.92 Å². The topological polar surface area (TPSA) is 0 Å². The molecule has 0 aromatic carbocycles. The zero-order chi connectivity index (χ0) is 9.30. The number of fused-ring (bicyclic) bond motifs is 10. The van der Waals surface area contributed by atoms with Crippen molar-refractivity contribution in [3.63, 3.8) is 0 Å². The van der Waals surface area contributed by atoms with E-state index in [4.69, 9.17) is 0 Å².